The number of para-hydroxylation sites is 1. The first kappa shape index (κ1) is 14.5. The topological polar surface area (TPSA) is 35.6 Å². The van der Waals surface area contributed by atoms with Crippen LogP contribution in [0.25, 0.3) is 16.8 Å². The predicted molar refractivity (Wildman–Crippen MR) is 95.1 cm³/mol. The van der Waals surface area contributed by atoms with Crippen LogP contribution in [0.2, 0.25) is 0 Å². The summed E-state index contributed by atoms with van der Waals surface area (Å²) in [5.41, 5.74) is 5.71. The molecule has 2 heterocycles. The Hall–Kier alpha value is -3.14. The van der Waals surface area contributed by atoms with Crippen LogP contribution in [0, 0.1) is 6.92 Å². The van der Waals surface area contributed by atoms with Gasteiger partial charge in [0.1, 0.15) is 0 Å². The van der Waals surface area contributed by atoms with Crippen LogP contribution in [0.15, 0.2) is 79.4 Å². The third kappa shape index (κ3) is 2.99. The molecule has 0 aliphatic rings. The van der Waals surface area contributed by atoms with Gasteiger partial charge >= 0.3 is 0 Å². The van der Waals surface area contributed by atoms with E-state index in [1.165, 1.54) is 11.1 Å². The largest absolute Gasteiger partial charge is 0.268 e. The Kier molecular flexibility index (Phi) is 3.71. The van der Waals surface area contributed by atoms with Gasteiger partial charge in [0.15, 0.2) is 0 Å². The summed E-state index contributed by atoms with van der Waals surface area (Å²) in [5, 5.41) is 8.92. The molecule has 0 saturated carbocycles. The van der Waals surface area contributed by atoms with E-state index < -0.39 is 0 Å². The summed E-state index contributed by atoms with van der Waals surface area (Å²) < 4.78 is 3.84. The van der Waals surface area contributed by atoms with Crippen LogP contribution in [-0.4, -0.2) is 19.6 Å². The zero-order valence-corrected chi connectivity index (χ0v) is 13.5. The number of benzene rings is 2. The first-order chi connectivity index (χ1) is 11.8. The second kappa shape index (κ2) is 6.16. The lowest BCUT2D eigenvalue weighted by Gasteiger charge is -2.02. The van der Waals surface area contributed by atoms with Crippen molar-refractivity contribution < 1.29 is 0 Å². The molecule has 0 unspecified atom stereocenters. The molecule has 2 aromatic heterocycles. The minimum absolute atomic E-state index is 0.771. The molecular formula is C20H18N4. The third-order valence-electron chi connectivity index (χ3n) is 4.04. The summed E-state index contributed by atoms with van der Waals surface area (Å²) in [5.74, 6) is 0. The lowest BCUT2D eigenvalue weighted by molar-refractivity contribution is 0.687. The maximum absolute atomic E-state index is 4.47. The predicted octanol–water partition coefficient (Wildman–Crippen LogP) is 4.09. The van der Waals surface area contributed by atoms with E-state index in [4.69, 9.17) is 0 Å². The summed E-state index contributed by atoms with van der Waals surface area (Å²) in [6.45, 7) is 2.87. The molecule has 0 atom stereocenters. The zero-order valence-electron chi connectivity index (χ0n) is 13.5. The van der Waals surface area contributed by atoms with Crippen molar-refractivity contribution in [1.29, 1.82) is 0 Å². The maximum atomic E-state index is 4.47. The fraction of sp³-hybridized carbons (Fsp3) is 0.100. The van der Waals surface area contributed by atoms with Crippen LogP contribution in [0.5, 0.6) is 0 Å². The standard InChI is InChI=1S/C20H18N4/c1-16-7-9-17(10-8-16)13-23-14-18(11-21-23)19-12-22-24(15-19)20-5-3-2-4-6-20/h2-12,14-15H,13H2,1H3. The lowest BCUT2D eigenvalue weighted by Crippen LogP contribution is -1.99. The zero-order chi connectivity index (χ0) is 16.4. The van der Waals surface area contributed by atoms with Crippen molar-refractivity contribution in [2.45, 2.75) is 13.5 Å². The van der Waals surface area contributed by atoms with Crippen molar-refractivity contribution in [1.82, 2.24) is 19.6 Å². The summed E-state index contributed by atoms with van der Waals surface area (Å²) in [6.07, 6.45) is 7.86. The van der Waals surface area contributed by atoms with Gasteiger partial charge in [-0.3, -0.25) is 4.68 Å². The molecule has 0 aliphatic heterocycles. The minimum Gasteiger partial charge on any atom is -0.268 e. The highest BCUT2D eigenvalue weighted by atomic mass is 15.3. The smallest absolute Gasteiger partial charge is 0.0659 e. The van der Waals surface area contributed by atoms with Gasteiger partial charge in [0, 0.05) is 23.5 Å². The van der Waals surface area contributed by atoms with E-state index in [0.717, 1.165) is 23.4 Å². The molecular weight excluding hydrogens is 296 g/mol. The van der Waals surface area contributed by atoms with Crippen LogP contribution < -0.4 is 0 Å². The molecule has 4 rings (SSSR count). The number of aromatic nitrogens is 4. The van der Waals surface area contributed by atoms with E-state index in [9.17, 15) is 0 Å². The maximum Gasteiger partial charge on any atom is 0.0659 e. The SMILES string of the molecule is Cc1ccc(Cn2cc(-c3cnn(-c4ccccc4)c3)cn2)cc1. The van der Waals surface area contributed by atoms with Gasteiger partial charge in [0.05, 0.1) is 24.6 Å². The van der Waals surface area contributed by atoms with E-state index in [2.05, 4.69) is 47.6 Å². The van der Waals surface area contributed by atoms with E-state index in [-0.39, 0.29) is 0 Å². The van der Waals surface area contributed by atoms with Crippen molar-refractivity contribution in [3.63, 3.8) is 0 Å². The van der Waals surface area contributed by atoms with Gasteiger partial charge in [-0.1, -0.05) is 48.0 Å². The molecule has 2 aromatic carbocycles. The van der Waals surface area contributed by atoms with Crippen molar-refractivity contribution in [3.05, 3.63) is 90.5 Å². The number of hydrogen-bond donors (Lipinski definition) is 0. The Morgan fingerprint density at radius 3 is 2.29 bits per heavy atom. The number of rotatable bonds is 4. The molecule has 118 valence electrons. The fourth-order valence-electron chi connectivity index (χ4n) is 2.67. The molecule has 0 radical (unpaired) electrons. The molecule has 0 aliphatic carbocycles. The average Bonchev–Trinajstić information content (AvgIpc) is 3.27. The molecule has 0 fully saturated rings. The van der Waals surface area contributed by atoms with E-state index in [1.54, 1.807) is 0 Å². The summed E-state index contributed by atoms with van der Waals surface area (Å²) in [7, 11) is 0. The Morgan fingerprint density at radius 1 is 0.792 bits per heavy atom. The summed E-state index contributed by atoms with van der Waals surface area (Å²) in [4.78, 5) is 0. The average molecular weight is 314 g/mol. The van der Waals surface area contributed by atoms with Gasteiger partial charge in [0.2, 0.25) is 0 Å². The third-order valence-corrected chi connectivity index (χ3v) is 4.04. The van der Waals surface area contributed by atoms with Gasteiger partial charge in [-0.15, -0.1) is 0 Å². The van der Waals surface area contributed by atoms with Crippen molar-refractivity contribution in [2.75, 3.05) is 0 Å². The van der Waals surface area contributed by atoms with Gasteiger partial charge < -0.3 is 0 Å². The molecule has 0 saturated heterocycles. The van der Waals surface area contributed by atoms with Crippen molar-refractivity contribution >= 4 is 0 Å². The van der Waals surface area contributed by atoms with Crippen molar-refractivity contribution in [2.24, 2.45) is 0 Å². The first-order valence-corrected chi connectivity index (χ1v) is 7.96. The van der Waals surface area contributed by atoms with Crippen LogP contribution in [0.1, 0.15) is 11.1 Å². The minimum atomic E-state index is 0.771. The molecule has 0 bridgehead atoms. The second-order valence-corrected chi connectivity index (χ2v) is 5.92. The normalized spacial score (nSPS) is 10.9. The molecule has 24 heavy (non-hydrogen) atoms. The fourth-order valence-corrected chi connectivity index (χ4v) is 2.67. The highest BCUT2D eigenvalue weighted by molar-refractivity contribution is 5.60. The number of nitrogens with zero attached hydrogens (tertiary/aromatic N) is 4. The molecule has 4 nitrogen and oxygen atoms in total. The van der Waals surface area contributed by atoms with E-state index in [0.29, 0.717) is 0 Å². The Bertz CT molecular complexity index is 933. The van der Waals surface area contributed by atoms with Crippen LogP contribution in [-0.2, 0) is 6.54 Å². The van der Waals surface area contributed by atoms with Gasteiger partial charge in [-0.05, 0) is 24.6 Å². The van der Waals surface area contributed by atoms with E-state index in [1.807, 2.05) is 58.3 Å². The van der Waals surface area contributed by atoms with E-state index >= 15 is 0 Å². The Morgan fingerprint density at radius 2 is 1.50 bits per heavy atom. The van der Waals surface area contributed by atoms with Crippen molar-refractivity contribution in [3.8, 4) is 16.8 Å². The van der Waals surface area contributed by atoms with Gasteiger partial charge in [-0.2, -0.15) is 10.2 Å². The van der Waals surface area contributed by atoms with Gasteiger partial charge in [-0.25, -0.2) is 4.68 Å². The lowest BCUT2D eigenvalue weighted by atomic mass is 10.1. The monoisotopic (exact) mass is 314 g/mol. The molecule has 0 spiro atoms. The number of hydrogen-bond acceptors (Lipinski definition) is 2. The first-order valence-electron chi connectivity index (χ1n) is 7.96. The molecule has 4 aromatic rings. The van der Waals surface area contributed by atoms with Crippen LogP contribution in [0.4, 0.5) is 0 Å². The summed E-state index contributed by atoms with van der Waals surface area (Å²) >= 11 is 0. The van der Waals surface area contributed by atoms with Crippen LogP contribution >= 0.6 is 0 Å². The summed E-state index contributed by atoms with van der Waals surface area (Å²) in [6, 6.07) is 18.6. The van der Waals surface area contributed by atoms with Gasteiger partial charge in [0.25, 0.3) is 0 Å². The molecule has 0 amide bonds. The quantitative estimate of drug-likeness (QED) is 0.569. The molecule has 0 N–H and O–H groups in total. The number of aryl methyl sites for hydroxylation is 1. The Labute approximate surface area is 141 Å². The highest BCUT2D eigenvalue weighted by Crippen LogP contribution is 2.20. The van der Waals surface area contributed by atoms with Crippen LogP contribution in [0.3, 0.4) is 0 Å². The Balaban J connectivity index is 1.55. The highest BCUT2D eigenvalue weighted by Gasteiger charge is 2.06. The molecule has 4 heteroatoms. The second-order valence-electron chi connectivity index (χ2n) is 5.92.